The zero-order valence-electron chi connectivity index (χ0n) is 17.2. The second-order valence-electron chi connectivity index (χ2n) is 6.69. The second-order valence-corrected chi connectivity index (χ2v) is 6.69. The molecule has 0 amide bonds. The van der Waals surface area contributed by atoms with Gasteiger partial charge in [0.15, 0.2) is 28.5 Å². The molecular weight excluding hydrogens is 390 g/mol. The van der Waals surface area contributed by atoms with Crippen molar-refractivity contribution in [3.8, 4) is 22.8 Å². The Labute approximate surface area is 174 Å². The molecule has 30 heavy (non-hydrogen) atoms. The smallest absolute Gasteiger partial charge is 0.224 e. The fourth-order valence-electron chi connectivity index (χ4n) is 3.28. The normalized spacial score (nSPS) is 14.0. The number of benzene rings is 1. The molecule has 0 bridgehead atoms. The number of methoxy groups -OCH3 is 2. The van der Waals surface area contributed by atoms with E-state index in [2.05, 4.69) is 31.8 Å². The van der Waals surface area contributed by atoms with Gasteiger partial charge in [0.1, 0.15) is 0 Å². The van der Waals surface area contributed by atoms with Crippen LogP contribution in [0.25, 0.3) is 22.4 Å². The average molecular weight is 417 g/mol. The molecular formula is C19H27N7O4. The third kappa shape index (κ3) is 4.32. The average Bonchev–Trinajstić information content (AvgIpc) is 2.73. The van der Waals surface area contributed by atoms with E-state index in [-0.39, 0.29) is 16.9 Å². The van der Waals surface area contributed by atoms with E-state index in [1.54, 1.807) is 20.4 Å². The molecule has 1 aromatic carbocycles. The number of aromatic nitrogens is 4. The lowest BCUT2D eigenvalue weighted by Crippen LogP contribution is -2.45. The lowest BCUT2D eigenvalue weighted by Gasteiger charge is -2.33. The van der Waals surface area contributed by atoms with Gasteiger partial charge in [-0.25, -0.2) is 9.97 Å². The molecule has 1 saturated heterocycles. The van der Waals surface area contributed by atoms with Crippen LogP contribution in [0, 0.1) is 0 Å². The fraction of sp³-hybridized carbons (Fsp3) is 0.368. The number of hydrogen-bond acceptors (Lipinski definition) is 9. The van der Waals surface area contributed by atoms with Crippen molar-refractivity contribution in [2.24, 2.45) is 0 Å². The van der Waals surface area contributed by atoms with E-state index >= 15 is 0 Å². The molecule has 0 aliphatic carbocycles. The Balaban J connectivity index is 0.00000160. The Morgan fingerprint density at radius 1 is 0.933 bits per heavy atom. The number of fused-ring (bicyclic) bond motifs is 1. The summed E-state index contributed by atoms with van der Waals surface area (Å²) in [6, 6.07) is 5.65. The van der Waals surface area contributed by atoms with Crippen molar-refractivity contribution < 1.29 is 20.4 Å². The standard InChI is InChI=1S/C19H23N7O2.2H2O/c1-25-6-8-26(9-7-25)18-16-17(23-19(20)24-18)21-11-13(22-16)12-4-5-14(27-2)15(10-12)28-3;;/h4-5,10-11H,6-9H2,1-3H3,(H2,20,21,23,24);2*1H2. The molecule has 0 atom stereocenters. The molecule has 1 fully saturated rings. The van der Waals surface area contributed by atoms with Gasteiger partial charge in [-0.3, -0.25) is 0 Å². The number of likely N-dealkylation sites (N-methyl/N-ethyl adjacent to an activating group) is 1. The monoisotopic (exact) mass is 417 g/mol. The van der Waals surface area contributed by atoms with Gasteiger partial charge in [0.05, 0.1) is 26.1 Å². The SMILES string of the molecule is COc1ccc(-c2cnc3nc(N)nc(N4CCN(C)CC4)c3n2)cc1OC.O.O. The fourth-order valence-corrected chi connectivity index (χ4v) is 3.28. The molecule has 0 spiro atoms. The van der Waals surface area contributed by atoms with Gasteiger partial charge in [0.25, 0.3) is 0 Å². The van der Waals surface area contributed by atoms with Gasteiger partial charge in [-0.1, -0.05) is 0 Å². The second kappa shape index (κ2) is 9.48. The van der Waals surface area contributed by atoms with Crippen molar-refractivity contribution in [1.82, 2.24) is 24.8 Å². The summed E-state index contributed by atoms with van der Waals surface area (Å²) in [4.78, 5) is 22.5. The number of piperazine rings is 1. The van der Waals surface area contributed by atoms with E-state index < -0.39 is 0 Å². The highest BCUT2D eigenvalue weighted by Crippen LogP contribution is 2.32. The minimum atomic E-state index is 0. The first kappa shape index (κ1) is 23.0. The maximum atomic E-state index is 5.92. The molecule has 6 N–H and O–H groups in total. The highest BCUT2D eigenvalue weighted by atomic mass is 16.5. The van der Waals surface area contributed by atoms with Gasteiger partial charge in [0.2, 0.25) is 5.95 Å². The van der Waals surface area contributed by atoms with Crippen molar-refractivity contribution >= 4 is 22.9 Å². The minimum Gasteiger partial charge on any atom is -0.493 e. The Hall–Kier alpha value is -3.28. The highest BCUT2D eigenvalue weighted by molar-refractivity contribution is 5.85. The maximum Gasteiger partial charge on any atom is 0.224 e. The van der Waals surface area contributed by atoms with Gasteiger partial charge < -0.3 is 36.0 Å². The van der Waals surface area contributed by atoms with Crippen LogP contribution in [0.2, 0.25) is 0 Å². The Bertz CT molecular complexity index is 1010. The van der Waals surface area contributed by atoms with E-state index in [1.807, 2.05) is 18.2 Å². The van der Waals surface area contributed by atoms with Gasteiger partial charge in [-0.05, 0) is 25.2 Å². The summed E-state index contributed by atoms with van der Waals surface area (Å²) in [5.74, 6) is 2.23. The molecule has 0 unspecified atom stereocenters. The first-order chi connectivity index (χ1) is 13.6. The number of hydrogen-bond donors (Lipinski definition) is 1. The van der Waals surface area contributed by atoms with E-state index in [4.69, 9.17) is 20.2 Å². The number of anilines is 2. The third-order valence-electron chi connectivity index (χ3n) is 4.89. The molecule has 162 valence electrons. The molecule has 0 saturated carbocycles. The third-order valence-corrected chi connectivity index (χ3v) is 4.89. The predicted octanol–water partition coefficient (Wildman–Crippen LogP) is -0.211. The van der Waals surface area contributed by atoms with Crippen LogP contribution in [0.3, 0.4) is 0 Å². The van der Waals surface area contributed by atoms with E-state index in [1.165, 1.54) is 0 Å². The van der Waals surface area contributed by atoms with Crippen LogP contribution >= 0.6 is 0 Å². The lowest BCUT2D eigenvalue weighted by atomic mass is 10.1. The van der Waals surface area contributed by atoms with E-state index in [0.29, 0.717) is 28.4 Å². The van der Waals surface area contributed by atoms with Crippen LogP contribution < -0.4 is 20.1 Å². The molecule has 3 aromatic rings. The van der Waals surface area contributed by atoms with Crippen LogP contribution in [-0.2, 0) is 0 Å². The van der Waals surface area contributed by atoms with Crippen molar-refractivity contribution in [2.75, 3.05) is 58.1 Å². The maximum absolute atomic E-state index is 5.92. The first-order valence-corrected chi connectivity index (χ1v) is 9.05. The summed E-state index contributed by atoms with van der Waals surface area (Å²) in [5, 5.41) is 0. The van der Waals surface area contributed by atoms with Crippen molar-refractivity contribution in [3.63, 3.8) is 0 Å². The van der Waals surface area contributed by atoms with Gasteiger partial charge >= 0.3 is 0 Å². The Morgan fingerprint density at radius 2 is 1.63 bits per heavy atom. The number of nitrogen functional groups attached to an aromatic ring is 1. The largest absolute Gasteiger partial charge is 0.493 e. The summed E-state index contributed by atoms with van der Waals surface area (Å²) in [7, 11) is 5.33. The van der Waals surface area contributed by atoms with Crippen LogP contribution in [0.15, 0.2) is 24.4 Å². The van der Waals surface area contributed by atoms with Gasteiger partial charge in [-0.2, -0.15) is 9.97 Å². The van der Waals surface area contributed by atoms with Crippen LogP contribution in [0.5, 0.6) is 11.5 Å². The summed E-state index contributed by atoms with van der Waals surface area (Å²) in [6.45, 7) is 3.61. The zero-order chi connectivity index (χ0) is 19.7. The Kier molecular flexibility index (Phi) is 7.27. The lowest BCUT2D eigenvalue weighted by molar-refractivity contribution is 0.312. The molecule has 1 aliphatic rings. The molecule has 2 aromatic heterocycles. The summed E-state index contributed by atoms with van der Waals surface area (Å²) < 4.78 is 10.7. The number of nitrogens with zero attached hydrogens (tertiary/aromatic N) is 6. The van der Waals surface area contributed by atoms with Crippen molar-refractivity contribution in [3.05, 3.63) is 24.4 Å². The predicted molar refractivity (Wildman–Crippen MR) is 115 cm³/mol. The molecule has 1 aliphatic heterocycles. The summed E-state index contributed by atoms with van der Waals surface area (Å²) in [6.07, 6.45) is 1.68. The topological polar surface area (TPSA) is 166 Å². The van der Waals surface area contributed by atoms with Gasteiger partial charge in [0, 0.05) is 31.7 Å². The van der Waals surface area contributed by atoms with Crippen molar-refractivity contribution in [1.29, 1.82) is 0 Å². The Morgan fingerprint density at radius 3 is 2.30 bits per heavy atom. The minimum absolute atomic E-state index is 0. The number of rotatable bonds is 4. The van der Waals surface area contributed by atoms with E-state index in [0.717, 1.165) is 37.6 Å². The molecule has 4 rings (SSSR count). The molecule has 11 nitrogen and oxygen atoms in total. The number of ether oxygens (including phenoxy) is 2. The quantitative estimate of drug-likeness (QED) is 0.604. The van der Waals surface area contributed by atoms with E-state index in [9.17, 15) is 0 Å². The highest BCUT2D eigenvalue weighted by Gasteiger charge is 2.21. The first-order valence-electron chi connectivity index (χ1n) is 9.05. The molecule has 3 heterocycles. The van der Waals surface area contributed by atoms with Crippen LogP contribution in [0.4, 0.5) is 11.8 Å². The summed E-state index contributed by atoms with van der Waals surface area (Å²) in [5.41, 5.74) is 8.63. The zero-order valence-corrected chi connectivity index (χ0v) is 17.2. The number of nitrogens with two attached hydrogens (primary N) is 1. The molecule has 11 heteroatoms. The summed E-state index contributed by atoms with van der Waals surface area (Å²) >= 11 is 0. The van der Waals surface area contributed by atoms with Crippen molar-refractivity contribution in [2.45, 2.75) is 0 Å². The van der Waals surface area contributed by atoms with Gasteiger partial charge in [-0.15, -0.1) is 0 Å². The molecule has 0 radical (unpaired) electrons. The van der Waals surface area contributed by atoms with Crippen LogP contribution in [0.1, 0.15) is 0 Å². The van der Waals surface area contributed by atoms with Crippen LogP contribution in [-0.4, -0.2) is 83.2 Å².